The lowest BCUT2D eigenvalue weighted by Gasteiger charge is -2.18. The molecule has 2 rings (SSSR count). The highest BCUT2D eigenvalue weighted by Crippen LogP contribution is 2.52. The Hall–Kier alpha value is -0.570. The zero-order valence-electron chi connectivity index (χ0n) is 6.14. The lowest BCUT2D eigenvalue weighted by molar-refractivity contribution is -0.149. The number of carbonyl (C=O) groups is 1. The fraction of sp³-hybridized carbons (Fsp3) is 0.857. The summed E-state index contributed by atoms with van der Waals surface area (Å²) in [6.07, 6.45) is 0.479. The molecule has 56 valence electrons. The van der Waals surface area contributed by atoms with Gasteiger partial charge in [-0.05, 0) is 0 Å². The standard InChI is InChI=1S/C7H10O3/c1-6(2)3-5(8)10-7(6)4-9-7/h3-4H2,1-2H3. The van der Waals surface area contributed by atoms with Crippen molar-refractivity contribution in [1.29, 1.82) is 0 Å². The molecule has 2 saturated heterocycles. The van der Waals surface area contributed by atoms with Crippen molar-refractivity contribution >= 4 is 5.97 Å². The summed E-state index contributed by atoms with van der Waals surface area (Å²) in [5.74, 6) is -0.674. The van der Waals surface area contributed by atoms with Gasteiger partial charge in [-0.2, -0.15) is 0 Å². The molecule has 0 saturated carbocycles. The van der Waals surface area contributed by atoms with Gasteiger partial charge in [-0.1, -0.05) is 13.8 Å². The highest BCUT2D eigenvalue weighted by Gasteiger charge is 2.65. The predicted octanol–water partition coefficient (Wildman–Crippen LogP) is 0.686. The Morgan fingerprint density at radius 1 is 1.50 bits per heavy atom. The maximum absolute atomic E-state index is 10.8. The second-order valence-corrected chi connectivity index (χ2v) is 3.58. The summed E-state index contributed by atoms with van der Waals surface area (Å²) < 4.78 is 10.1. The molecule has 1 atom stereocenters. The van der Waals surface area contributed by atoms with Gasteiger partial charge in [0.25, 0.3) is 0 Å². The molecular weight excluding hydrogens is 132 g/mol. The molecule has 2 fully saturated rings. The van der Waals surface area contributed by atoms with E-state index in [-0.39, 0.29) is 11.4 Å². The summed E-state index contributed by atoms with van der Waals surface area (Å²) in [7, 11) is 0. The first-order chi connectivity index (χ1) is 4.56. The van der Waals surface area contributed by atoms with Gasteiger partial charge < -0.3 is 9.47 Å². The summed E-state index contributed by atoms with van der Waals surface area (Å²) in [4.78, 5) is 10.8. The molecule has 0 aromatic carbocycles. The molecule has 10 heavy (non-hydrogen) atoms. The van der Waals surface area contributed by atoms with Crippen molar-refractivity contribution in [2.75, 3.05) is 6.61 Å². The van der Waals surface area contributed by atoms with Crippen molar-refractivity contribution in [2.24, 2.45) is 5.41 Å². The minimum Gasteiger partial charge on any atom is -0.430 e. The third-order valence-corrected chi connectivity index (χ3v) is 2.30. The van der Waals surface area contributed by atoms with Crippen LogP contribution in [0.15, 0.2) is 0 Å². The molecule has 1 spiro atoms. The number of ether oxygens (including phenoxy) is 2. The normalized spacial score (nSPS) is 42.0. The SMILES string of the molecule is CC1(C)CC(=O)OC12CO2. The van der Waals surface area contributed by atoms with Gasteiger partial charge in [0.15, 0.2) is 0 Å². The number of rotatable bonds is 0. The fourth-order valence-electron chi connectivity index (χ4n) is 1.37. The van der Waals surface area contributed by atoms with Gasteiger partial charge in [0, 0.05) is 5.41 Å². The van der Waals surface area contributed by atoms with E-state index in [2.05, 4.69) is 0 Å². The van der Waals surface area contributed by atoms with Crippen LogP contribution in [0.1, 0.15) is 20.3 Å². The molecule has 1 unspecified atom stereocenters. The average Bonchev–Trinajstić information content (AvgIpc) is 2.40. The van der Waals surface area contributed by atoms with Crippen LogP contribution in [0.5, 0.6) is 0 Å². The monoisotopic (exact) mass is 142 g/mol. The largest absolute Gasteiger partial charge is 0.430 e. The number of hydrogen-bond acceptors (Lipinski definition) is 3. The van der Waals surface area contributed by atoms with E-state index in [0.29, 0.717) is 13.0 Å². The Balaban J connectivity index is 2.29. The minimum atomic E-state index is -0.538. The quantitative estimate of drug-likeness (QED) is 0.369. The van der Waals surface area contributed by atoms with E-state index in [1.54, 1.807) is 0 Å². The van der Waals surface area contributed by atoms with Gasteiger partial charge in [0.2, 0.25) is 5.79 Å². The van der Waals surface area contributed by atoms with E-state index >= 15 is 0 Å². The first kappa shape index (κ1) is 6.16. The minimum absolute atomic E-state index is 0.121. The molecule has 0 radical (unpaired) electrons. The zero-order valence-corrected chi connectivity index (χ0v) is 6.14. The molecule has 0 aromatic heterocycles. The lowest BCUT2D eigenvalue weighted by Crippen LogP contribution is -2.27. The highest BCUT2D eigenvalue weighted by atomic mass is 16.8. The van der Waals surface area contributed by atoms with E-state index in [1.807, 2.05) is 13.8 Å². The van der Waals surface area contributed by atoms with E-state index in [4.69, 9.17) is 9.47 Å². The second kappa shape index (κ2) is 1.37. The summed E-state index contributed by atoms with van der Waals surface area (Å²) in [5, 5.41) is 0. The van der Waals surface area contributed by atoms with Crippen LogP contribution in [-0.2, 0) is 14.3 Å². The maximum atomic E-state index is 10.8. The summed E-state index contributed by atoms with van der Waals surface area (Å²) in [6.45, 7) is 4.56. The van der Waals surface area contributed by atoms with Gasteiger partial charge in [-0.3, -0.25) is 4.79 Å². The van der Waals surface area contributed by atoms with E-state index < -0.39 is 5.79 Å². The third kappa shape index (κ3) is 0.560. The van der Waals surface area contributed by atoms with Crippen molar-refractivity contribution < 1.29 is 14.3 Å². The molecule has 0 aliphatic carbocycles. The summed E-state index contributed by atoms with van der Waals surface area (Å²) in [6, 6.07) is 0. The van der Waals surface area contributed by atoms with Gasteiger partial charge in [0.05, 0.1) is 6.42 Å². The first-order valence-corrected chi connectivity index (χ1v) is 3.42. The van der Waals surface area contributed by atoms with Crippen LogP contribution in [0, 0.1) is 5.41 Å². The molecule has 0 amide bonds. The molecule has 0 aromatic rings. The van der Waals surface area contributed by atoms with Crippen molar-refractivity contribution in [3.05, 3.63) is 0 Å². The molecule has 2 aliphatic rings. The van der Waals surface area contributed by atoms with Crippen molar-refractivity contribution in [3.63, 3.8) is 0 Å². The van der Waals surface area contributed by atoms with Crippen LogP contribution < -0.4 is 0 Å². The predicted molar refractivity (Wildman–Crippen MR) is 33.2 cm³/mol. The van der Waals surface area contributed by atoms with Crippen LogP contribution in [0.2, 0.25) is 0 Å². The Labute approximate surface area is 59.3 Å². The Bertz CT molecular complexity index is 183. The van der Waals surface area contributed by atoms with Crippen LogP contribution in [0.4, 0.5) is 0 Å². The molecule has 0 bridgehead atoms. The molecule has 0 N–H and O–H groups in total. The second-order valence-electron chi connectivity index (χ2n) is 3.58. The fourth-order valence-corrected chi connectivity index (χ4v) is 1.37. The zero-order chi connectivity index (χ0) is 7.41. The molecule has 3 nitrogen and oxygen atoms in total. The van der Waals surface area contributed by atoms with Crippen LogP contribution >= 0.6 is 0 Å². The summed E-state index contributed by atoms with van der Waals surface area (Å²) in [5.41, 5.74) is -0.121. The van der Waals surface area contributed by atoms with Crippen LogP contribution in [0.25, 0.3) is 0 Å². The van der Waals surface area contributed by atoms with Crippen LogP contribution in [-0.4, -0.2) is 18.4 Å². The molecule has 2 heterocycles. The van der Waals surface area contributed by atoms with Gasteiger partial charge in [0.1, 0.15) is 6.61 Å². The van der Waals surface area contributed by atoms with E-state index in [9.17, 15) is 4.79 Å². The van der Waals surface area contributed by atoms with Gasteiger partial charge in [-0.15, -0.1) is 0 Å². The first-order valence-electron chi connectivity index (χ1n) is 3.42. The Morgan fingerprint density at radius 3 is 2.30 bits per heavy atom. The topological polar surface area (TPSA) is 38.8 Å². The van der Waals surface area contributed by atoms with Crippen LogP contribution in [0.3, 0.4) is 0 Å². The Morgan fingerprint density at radius 2 is 2.10 bits per heavy atom. The Kier molecular flexibility index (Phi) is 0.844. The molecule has 2 aliphatic heterocycles. The summed E-state index contributed by atoms with van der Waals surface area (Å²) >= 11 is 0. The third-order valence-electron chi connectivity index (χ3n) is 2.30. The average molecular weight is 142 g/mol. The lowest BCUT2D eigenvalue weighted by atomic mass is 9.86. The van der Waals surface area contributed by atoms with Gasteiger partial charge >= 0.3 is 5.97 Å². The van der Waals surface area contributed by atoms with Crippen molar-refractivity contribution in [2.45, 2.75) is 26.1 Å². The number of epoxide rings is 1. The smallest absolute Gasteiger partial charge is 0.309 e. The number of hydrogen-bond donors (Lipinski definition) is 0. The molecular formula is C7H10O3. The number of carbonyl (C=O) groups excluding carboxylic acids is 1. The van der Waals surface area contributed by atoms with Crippen molar-refractivity contribution in [3.8, 4) is 0 Å². The molecule has 3 heteroatoms. The van der Waals surface area contributed by atoms with Crippen molar-refractivity contribution in [1.82, 2.24) is 0 Å². The number of esters is 1. The highest BCUT2D eigenvalue weighted by molar-refractivity contribution is 5.74. The van der Waals surface area contributed by atoms with E-state index in [1.165, 1.54) is 0 Å². The maximum Gasteiger partial charge on any atom is 0.309 e. The van der Waals surface area contributed by atoms with Gasteiger partial charge in [-0.25, -0.2) is 0 Å². The van der Waals surface area contributed by atoms with E-state index in [0.717, 1.165) is 0 Å².